The predicted molar refractivity (Wildman–Crippen MR) is 87.4 cm³/mol. The van der Waals surface area contributed by atoms with Gasteiger partial charge in [0.2, 0.25) is 5.91 Å². The van der Waals surface area contributed by atoms with Crippen molar-refractivity contribution in [3.8, 4) is 0 Å². The quantitative estimate of drug-likeness (QED) is 0.804. The molecule has 114 valence electrons. The maximum Gasteiger partial charge on any atom is 0.225 e. The van der Waals surface area contributed by atoms with Crippen molar-refractivity contribution in [2.24, 2.45) is 5.73 Å². The first-order chi connectivity index (χ1) is 10.1. The van der Waals surface area contributed by atoms with Crippen molar-refractivity contribution in [1.82, 2.24) is 4.90 Å². The number of ether oxygens (including phenoxy) is 1. The number of carbonyl (C=O) groups excluding carboxylic acids is 1. The average Bonchev–Trinajstić information content (AvgIpc) is 2.47. The van der Waals surface area contributed by atoms with Crippen LogP contribution in [0.3, 0.4) is 0 Å². The summed E-state index contributed by atoms with van der Waals surface area (Å²) in [5.41, 5.74) is 7.02. The molecule has 1 amide bonds. The fraction of sp³-hybridized carbons (Fsp3) is 0.467. The number of benzene rings is 1. The van der Waals surface area contributed by atoms with Gasteiger partial charge in [-0.15, -0.1) is 0 Å². The number of carbonyl (C=O) groups is 1. The zero-order valence-electron chi connectivity index (χ0n) is 12.2. The van der Waals surface area contributed by atoms with Crippen LogP contribution < -0.4 is 11.1 Å². The molecule has 1 heterocycles. The van der Waals surface area contributed by atoms with Crippen LogP contribution in [-0.4, -0.2) is 48.1 Å². The van der Waals surface area contributed by atoms with Crippen LogP contribution in [0.2, 0.25) is 0 Å². The summed E-state index contributed by atoms with van der Waals surface area (Å²) in [7, 11) is 0. The van der Waals surface area contributed by atoms with Crippen molar-refractivity contribution >= 4 is 28.8 Å². The summed E-state index contributed by atoms with van der Waals surface area (Å²) in [6.45, 7) is 5.17. The Morgan fingerprint density at radius 3 is 3.00 bits per heavy atom. The molecule has 0 bridgehead atoms. The highest BCUT2D eigenvalue weighted by atomic mass is 32.1. The minimum atomic E-state index is -0.0302. The predicted octanol–water partition coefficient (Wildman–Crippen LogP) is 1.37. The molecule has 21 heavy (non-hydrogen) atoms. The fourth-order valence-electron chi connectivity index (χ4n) is 2.36. The standard InChI is InChI=1S/C15H21N3O2S/c1-11-10-20-9-8-18(11)7-6-14(19)17-13-5-3-2-4-12(13)15(16)21/h2-5,11H,6-10H2,1H3,(H2,16,21)(H,17,19). The van der Waals surface area contributed by atoms with Crippen LogP contribution in [0, 0.1) is 0 Å². The molecular formula is C15H21N3O2S. The van der Waals surface area contributed by atoms with Crippen LogP contribution in [-0.2, 0) is 9.53 Å². The van der Waals surface area contributed by atoms with Crippen molar-refractivity contribution in [1.29, 1.82) is 0 Å². The highest BCUT2D eigenvalue weighted by molar-refractivity contribution is 7.80. The van der Waals surface area contributed by atoms with E-state index in [0.717, 1.165) is 26.3 Å². The number of para-hydroxylation sites is 1. The van der Waals surface area contributed by atoms with Crippen molar-refractivity contribution in [2.45, 2.75) is 19.4 Å². The number of hydrogen-bond donors (Lipinski definition) is 2. The Balaban J connectivity index is 1.89. The van der Waals surface area contributed by atoms with Crippen molar-refractivity contribution in [3.63, 3.8) is 0 Å². The maximum absolute atomic E-state index is 12.1. The van der Waals surface area contributed by atoms with E-state index in [1.54, 1.807) is 0 Å². The molecule has 1 atom stereocenters. The van der Waals surface area contributed by atoms with Crippen molar-refractivity contribution in [2.75, 3.05) is 31.6 Å². The molecule has 0 aromatic heterocycles. The first-order valence-corrected chi connectivity index (χ1v) is 7.49. The van der Waals surface area contributed by atoms with Crippen LogP contribution in [0.1, 0.15) is 18.9 Å². The number of amides is 1. The van der Waals surface area contributed by atoms with Gasteiger partial charge in [0, 0.05) is 31.1 Å². The number of nitrogens with one attached hydrogen (secondary N) is 1. The second kappa shape index (κ2) is 7.49. The van der Waals surface area contributed by atoms with E-state index in [1.807, 2.05) is 24.3 Å². The van der Waals surface area contributed by atoms with Gasteiger partial charge in [-0.05, 0) is 19.1 Å². The van der Waals surface area contributed by atoms with Gasteiger partial charge in [-0.1, -0.05) is 24.4 Å². The lowest BCUT2D eigenvalue weighted by atomic mass is 10.1. The van der Waals surface area contributed by atoms with E-state index in [2.05, 4.69) is 17.1 Å². The molecule has 2 rings (SSSR count). The number of anilines is 1. The first-order valence-electron chi connectivity index (χ1n) is 7.08. The van der Waals surface area contributed by atoms with Crippen LogP contribution in [0.5, 0.6) is 0 Å². The highest BCUT2D eigenvalue weighted by Crippen LogP contribution is 2.15. The summed E-state index contributed by atoms with van der Waals surface area (Å²) >= 11 is 4.99. The minimum Gasteiger partial charge on any atom is -0.389 e. The number of rotatable bonds is 5. The molecule has 0 radical (unpaired) electrons. The van der Waals surface area contributed by atoms with Crippen LogP contribution in [0.25, 0.3) is 0 Å². The molecule has 1 aromatic carbocycles. The summed E-state index contributed by atoms with van der Waals surface area (Å²) in [5, 5.41) is 2.88. The molecular weight excluding hydrogens is 286 g/mol. The molecule has 6 heteroatoms. The van der Waals surface area contributed by atoms with Gasteiger partial charge in [-0.3, -0.25) is 9.69 Å². The number of nitrogens with two attached hydrogens (primary N) is 1. The molecule has 1 aliphatic heterocycles. The monoisotopic (exact) mass is 307 g/mol. The summed E-state index contributed by atoms with van der Waals surface area (Å²) in [5.74, 6) is -0.0302. The van der Waals surface area contributed by atoms with Gasteiger partial charge in [0.05, 0.1) is 18.9 Å². The molecule has 3 N–H and O–H groups in total. The second-order valence-corrected chi connectivity index (χ2v) is 5.61. The third-order valence-electron chi connectivity index (χ3n) is 3.60. The molecule has 1 saturated heterocycles. The Bertz CT molecular complexity index is 521. The molecule has 1 aliphatic rings. The fourth-order valence-corrected chi connectivity index (χ4v) is 2.54. The van der Waals surface area contributed by atoms with Crippen molar-refractivity contribution < 1.29 is 9.53 Å². The zero-order valence-corrected chi connectivity index (χ0v) is 13.0. The molecule has 0 aliphatic carbocycles. The number of nitrogens with zero attached hydrogens (tertiary/aromatic N) is 1. The van der Waals surface area contributed by atoms with Gasteiger partial charge >= 0.3 is 0 Å². The minimum absolute atomic E-state index is 0.0302. The van der Waals surface area contributed by atoms with E-state index >= 15 is 0 Å². The smallest absolute Gasteiger partial charge is 0.225 e. The molecule has 1 fully saturated rings. The first kappa shape index (κ1) is 15.9. The van der Waals surface area contributed by atoms with E-state index in [9.17, 15) is 4.79 Å². The number of hydrogen-bond acceptors (Lipinski definition) is 4. The lowest BCUT2D eigenvalue weighted by Crippen LogP contribution is -2.44. The van der Waals surface area contributed by atoms with Crippen molar-refractivity contribution in [3.05, 3.63) is 29.8 Å². The number of thiocarbonyl (C=S) groups is 1. The van der Waals surface area contributed by atoms with Gasteiger partial charge in [0.15, 0.2) is 0 Å². The summed E-state index contributed by atoms with van der Waals surface area (Å²) in [6, 6.07) is 7.67. The summed E-state index contributed by atoms with van der Waals surface area (Å²) in [6.07, 6.45) is 0.440. The molecule has 1 unspecified atom stereocenters. The Morgan fingerprint density at radius 2 is 2.29 bits per heavy atom. The van der Waals surface area contributed by atoms with E-state index in [0.29, 0.717) is 23.7 Å². The molecule has 0 saturated carbocycles. The molecule has 1 aromatic rings. The Labute approximate surface area is 130 Å². The number of morpholine rings is 1. The van der Waals surface area contributed by atoms with Crippen LogP contribution in [0.4, 0.5) is 5.69 Å². The zero-order chi connectivity index (χ0) is 15.2. The van der Waals surface area contributed by atoms with E-state index in [-0.39, 0.29) is 10.9 Å². The van der Waals surface area contributed by atoms with Gasteiger partial charge in [-0.2, -0.15) is 0 Å². The Hall–Kier alpha value is -1.50. The average molecular weight is 307 g/mol. The normalized spacial score (nSPS) is 19.2. The largest absolute Gasteiger partial charge is 0.389 e. The van der Waals surface area contributed by atoms with E-state index < -0.39 is 0 Å². The molecule has 5 nitrogen and oxygen atoms in total. The summed E-state index contributed by atoms with van der Waals surface area (Å²) < 4.78 is 5.39. The molecule has 0 spiro atoms. The SMILES string of the molecule is CC1COCCN1CCC(=O)Nc1ccccc1C(N)=S. The lowest BCUT2D eigenvalue weighted by molar-refractivity contribution is -0.117. The topological polar surface area (TPSA) is 67.6 Å². The summed E-state index contributed by atoms with van der Waals surface area (Å²) in [4.78, 5) is 14.6. The van der Waals surface area contributed by atoms with Crippen LogP contribution in [0.15, 0.2) is 24.3 Å². The van der Waals surface area contributed by atoms with Gasteiger partial charge < -0.3 is 15.8 Å². The van der Waals surface area contributed by atoms with Gasteiger partial charge in [0.25, 0.3) is 0 Å². The Morgan fingerprint density at radius 1 is 1.52 bits per heavy atom. The maximum atomic E-state index is 12.1. The van der Waals surface area contributed by atoms with E-state index in [1.165, 1.54) is 0 Å². The van der Waals surface area contributed by atoms with Gasteiger partial charge in [0.1, 0.15) is 4.99 Å². The third-order valence-corrected chi connectivity index (χ3v) is 3.82. The Kier molecular flexibility index (Phi) is 5.67. The third kappa shape index (κ3) is 4.49. The van der Waals surface area contributed by atoms with E-state index in [4.69, 9.17) is 22.7 Å². The highest BCUT2D eigenvalue weighted by Gasteiger charge is 2.19. The van der Waals surface area contributed by atoms with Gasteiger partial charge in [-0.25, -0.2) is 0 Å². The van der Waals surface area contributed by atoms with Crippen LogP contribution >= 0.6 is 12.2 Å². The lowest BCUT2D eigenvalue weighted by Gasteiger charge is -2.32. The second-order valence-electron chi connectivity index (χ2n) is 5.17.